The molecule has 0 amide bonds. The van der Waals surface area contributed by atoms with Crippen LogP contribution >= 0.6 is 11.8 Å². The van der Waals surface area contributed by atoms with Crippen LogP contribution in [-0.4, -0.2) is 25.0 Å². The van der Waals surface area contributed by atoms with E-state index in [9.17, 15) is 4.39 Å². The molecule has 0 fully saturated rings. The lowest BCUT2D eigenvalue weighted by Gasteiger charge is -2.04. The summed E-state index contributed by atoms with van der Waals surface area (Å²) in [6, 6.07) is 9.92. The van der Waals surface area contributed by atoms with Crippen LogP contribution in [0.3, 0.4) is 0 Å². The Morgan fingerprint density at radius 3 is 2.41 bits per heavy atom. The molecule has 0 bridgehead atoms. The third kappa shape index (κ3) is 2.99. The molecule has 0 atom stereocenters. The van der Waals surface area contributed by atoms with Crippen molar-refractivity contribution >= 4 is 11.8 Å². The highest BCUT2D eigenvalue weighted by atomic mass is 32.2. The largest absolute Gasteiger partial charge is 0.306 e. The SMILES string of the molecule is CCn1c(C)nnc1Sc1ccc(-c2ccc(F)cc2)nn1. The second-order valence-electron chi connectivity index (χ2n) is 4.64. The van der Waals surface area contributed by atoms with Crippen LogP contribution in [-0.2, 0) is 6.54 Å². The molecule has 0 radical (unpaired) electrons. The van der Waals surface area contributed by atoms with E-state index in [0.29, 0.717) is 5.69 Å². The molecule has 22 heavy (non-hydrogen) atoms. The zero-order valence-corrected chi connectivity index (χ0v) is 13.0. The van der Waals surface area contributed by atoms with Crippen LogP contribution in [0, 0.1) is 12.7 Å². The first-order chi connectivity index (χ1) is 10.7. The van der Waals surface area contributed by atoms with Gasteiger partial charge in [-0.3, -0.25) is 0 Å². The van der Waals surface area contributed by atoms with Crippen LogP contribution < -0.4 is 0 Å². The van der Waals surface area contributed by atoms with E-state index in [1.54, 1.807) is 12.1 Å². The summed E-state index contributed by atoms with van der Waals surface area (Å²) in [5.74, 6) is 0.610. The number of hydrogen-bond acceptors (Lipinski definition) is 5. The summed E-state index contributed by atoms with van der Waals surface area (Å²) in [6.07, 6.45) is 0. The molecule has 3 rings (SSSR count). The molecule has 0 saturated carbocycles. The average molecular weight is 315 g/mol. The molecular weight excluding hydrogens is 301 g/mol. The van der Waals surface area contributed by atoms with E-state index in [0.717, 1.165) is 28.1 Å². The van der Waals surface area contributed by atoms with Gasteiger partial charge >= 0.3 is 0 Å². The van der Waals surface area contributed by atoms with Gasteiger partial charge in [-0.25, -0.2) is 4.39 Å². The van der Waals surface area contributed by atoms with Gasteiger partial charge in [-0.15, -0.1) is 20.4 Å². The Morgan fingerprint density at radius 1 is 1.00 bits per heavy atom. The normalized spacial score (nSPS) is 10.9. The molecule has 0 aliphatic heterocycles. The first kappa shape index (κ1) is 14.6. The fraction of sp³-hybridized carbons (Fsp3) is 0.200. The van der Waals surface area contributed by atoms with E-state index in [4.69, 9.17) is 0 Å². The van der Waals surface area contributed by atoms with Gasteiger partial charge in [0.25, 0.3) is 0 Å². The van der Waals surface area contributed by atoms with Gasteiger partial charge in [0.05, 0.1) is 5.69 Å². The van der Waals surface area contributed by atoms with Gasteiger partial charge in [0, 0.05) is 12.1 Å². The molecule has 0 unspecified atom stereocenters. The van der Waals surface area contributed by atoms with Crippen LogP contribution in [0.15, 0.2) is 46.6 Å². The minimum atomic E-state index is -0.266. The van der Waals surface area contributed by atoms with Crippen LogP contribution in [0.1, 0.15) is 12.7 Å². The number of rotatable bonds is 4. The predicted octanol–water partition coefficient (Wildman–Crippen LogP) is 3.35. The molecule has 5 nitrogen and oxygen atoms in total. The van der Waals surface area contributed by atoms with E-state index in [-0.39, 0.29) is 5.82 Å². The van der Waals surface area contributed by atoms with Gasteiger partial charge in [-0.1, -0.05) is 0 Å². The summed E-state index contributed by atoms with van der Waals surface area (Å²) in [5, 5.41) is 18.1. The third-order valence-electron chi connectivity index (χ3n) is 3.19. The van der Waals surface area contributed by atoms with Crippen molar-refractivity contribution < 1.29 is 4.39 Å². The number of aromatic nitrogens is 5. The Morgan fingerprint density at radius 2 is 1.77 bits per heavy atom. The Bertz CT molecular complexity index is 768. The van der Waals surface area contributed by atoms with Crippen LogP contribution in [0.2, 0.25) is 0 Å². The molecule has 3 aromatic rings. The Balaban J connectivity index is 1.81. The quantitative estimate of drug-likeness (QED) is 0.739. The van der Waals surface area contributed by atoms with Crippen molar-refractivity contribution in [2.45, 2.75) is 30.6 Å². The first-order valence-corrected chi connectivity index (χ1v) is 7.66. The molecule has 0 saturated heterocycles. The maximum Gasteiger partial charge on any atom is 0.197 e. The molecule has 112 valence electrons. The molecule has 0 spiro atoms. The van der Waals surface area contributed by atoms with E-state index in [1.807, 2.05) is 30.5 Å². The highest BCUT2D eigenvalue weighted by Gasteiger charge is 2.10. The minimum absolute atomic E-state index is 0.266. The van der Waals surface area contributed by atoms with Gasteiger partial charge in [0.15, 0.2) is 5.16 Å². The second kappa shape index (κ2) is 6.23. The van der Waals surface area contributed by atoms with Gasteiger partial charge in [-0.05, 0) is 62.0 Å². The Kier molecular flexibility index (Phi) is 4.15. The number of benzene rings is 1. The van der Waals surface area contributed by atoms with Crippen LogP contribution in [0.25, 0.3) is 11.3 Å². The fourth-order valence-corrected chi connectivity index (χ4v) is 2.90. The van der Waals surface area contributed by atoms with Crippen molar-refractivity contribution in [3.63, 3.8) is 0 Å². The van der Waals surface area contributed by atoms with Crippen molar-refractivity contribution in [2.75, 3.05) is 0 Å². The minimum Gasteiger partial charge on any atom is -0.306 e. The van der Waals surface area contributed by atoms with Crippen molar-refractivity contribution in [3.05, 3.63) is 48.0 Å². The summed E-state index contributed by atoms with van der Waals surface area (Å²) < 4.78 is 14.9. The highest BCUT2D eigenvalue weighted by molar-refractivity contribution is 7.99. The van der Waals surface area contributed by atoms with Gasteiger partial charge < -0.3 is 4.57 Å². The topological polar surface area (TPSA) is 56.5 Å². The maximum atomic E-state index is 12.9. The average Bonchev–Trinajstić information content (AvgIpc) is 2.89. The molecule has 2 heterocycles. The standard InChI is InChI=1S/C15H14FN5S/c1-3-21-10(2)17-20-15(21)22-14-9-8-13(18-19-14)11-4-6-12(16)7-5-11/h4-9H,3H2,1-2H3. The first-order valence-electron chi connectivity index (χ1n) is 6.84. The van der Waals surface area contributed by atoms with E-state index in [2.05, 4.69) is 20.4 Å². The van der Waals surface area contributed by atoms with Gasteiger partial charge in [0.2, 0.25) is 0 Å². The number of halogens is 1. The molecule has 7 heteroatoms. The molecule has 0 N–H and O–H groups in total. The number of hydrogen-bond donors (Lipinski definition) is 0. The third-order valence-corrected chi connectivity index (χ3v) is 4.11. The molecular formula is C15H14FN5S. The summed E-state index contributed by atoms with van der Waals surface area (Å²) in [6.45, 7) is 4.77. The van der Waals surface area contributed by atoms with Crippen LogP contribution in [0.5, 0.6) is 0 Å². The summed E-state index contributed by atoms with van der Waals surface area (Å²) in [7, 11) is 0. The molecule has 1 aromatic carbocycles. The molecule has 2 aromatic heterocycles. The second-order valence-corrected chi connectivity index (χ2v) is 5.63. The lowest BCUT2D eigenvalue weighted by molar-refractivity contribution is 0.628. The zero-order valence-electron chi connectivity index (χ0n) is 12.2. The van der Waals surface area contributed by atoms with Crippen molar-refractivity contribution in [3.8, 4) is 11.3 Å². The summed E-state index contributed by atoms with van der Waals surface area (Å²) in [4.78, 5) is 0. The highest BCUT2D eigenvalue weighted by Crippen LogP contribution is 2.25. The maximum absolute atomic E-state index is 12.9. The van der Waals surface area contributed by atoms with Crippen LogP contribution in [0.4, 0.5) is 4.39 Å². The Hall–Kier alpha value is -2.28. The van der Waals surface area contributed by atoms with Crippen molar-refractivity contribution in [1.29, 1.82) is 0 Å². The smallest absolute Gasteiger partial charge is 0.197 e. The van der Waals surface area contributed by atoms with Gasteiger partial charge in [0.1, 0.15) is 16.7 Å². The number of nitrogens with zero attached hydrogens (tertiary/aromatic N) is 5. The Labute approximate surface area is 131 Å². The lowest BCUT2D eigenvalue weighted by Crippen LogP contribution is -1.99. The van der Waals surface area contributed by atoms with Gasteiger partial charge in [-0.2, -0.15) is 0 Å². The monoisotopic (exact) mass is 315 g/mol. The summed E-state index contributed by atoms with van der Waals surface area (Å²) >= 11 is 1.42. The lowest BCUT2D eigenvalue weighted by atomic mass is 10.1. The predicted molar refractivity (Wildman–Crippen MR) is 82.0 cm³/mol. The van der Waals surface area contributed by atoms with E-state index < -0.39 is 0 Å². The molecule has 0 aliphatic carbocycles. The fourth-order valence-electron chi connectivity index (χ4n) is 2.04. The van der Waals surface area contributed by atoms with E-state index >= 15 is 0 Å². The summed E-state index contributed by atoms with van der Waals surface area (Å²) in [5.41, 5.74) is 1.54. The number of aryl methyl sites for hydroxylation is 1. The van der Waals surface area contributed by atoms with Crippen molar-refractivity contribution in [2.24, 2.45) is 0 Å². The molecule has 0 aliphatic rings. The zero-order chi connectivity index (χ0) is 15.5. The van der Waals surface area contributed by atoms with Crippen molar-refractivity contribution in [1.82, 2.24) is 25.0 Å². The van der Waals surface area contributed by atoms with E-state index in [1.165, 1.54) is 23.9 Å².